The highest BCUT2D eigenvalue weighted by molar-refractivity contribution is 5.85. The predicted octanol–water partition coefficient (Wildman–Crippen LogP) is 7.28. The van der Waals surface area contributed by atoms with Crippen LogP contribution in [0.25, 0.3) is 33.8 Å². The molecule has 2 fully saturated rings. The lowest BCUT2D eigenvalue weighted by atomic mass is 9.86. The standard InChI is InChI=1S/C31H35N7.2C2H6/c1-3-6-23(4-2)26-12-13-27-30(35-26)38(29(36-27)25-7-5-16-34-28(25)32)24-10-8-22(9-11-24)19-37-18-15-31(21-37)14-17-33-20-31;2*1-2/h3-13,16,33H,14-15,17-21H2,1-2H3,(H2,32,34);2*1-2H3/b6-3-,23-4+;;. The first kappa shape index (κ1) is 31.1. The van der Waals surface area contributed by atoms with Gasteiger partial charge in [0.25, 0.3) is 0 Å². The molecule has 7 nitrogen and oxygen atoms in total. The number of nitrogens with zero attached hydrogens (tertiary/aromatic N) is 5. The highest BCUT2D eigenvalue weighted by Crippen LogP contribution is 2.37. The molecule has 0 amide bonds. The summed E-state index contributed by atoms with van der Waals surface area (Å²) < 4.78 is 2.11. The van der Waals surface area contributed by atoms with E-state index in [0.717, 1.165) is 59.1 Å². The Balaban J connectivity index is 0.000000972. The SMILES string of the molecule is C/C=C\C(=C/C)c1ccc2nc(-c3cccnc3N)n(-c3ccc(CN4CCC5(CCNC5)C4)cc3)c2n1.CC.CC. The van der Waals surface area contributed by atoms with Crippen molar-refractivity contribution in [3.63, 3.8) is 0 Å². The van der Waals surface area contributed by atoms with E-state index in [2.05, 4.69) is 56.2 Å². The molecule has 222 valence electrons. The minimum atomic E-state index is 0.452. The van der Waals surface area contributed by atoms with E-state index in [4.69, 9.17) is 15.7 Å². The Kier molecular flexibility index (Phi) is 10.7. The third-order valence-electron chi connectivity index (χ3n) is 7.99. The van der Waals surface area contributed by atoms with Crippen molar-refractivity contribution in [1.29, 1.82) is 0 Å². The summed E-state index contributed by atoms with van der Waals surface area (Å²) in [5.41, 5.74) is 13.5. The van der Waals surface area contributed by atoms with Crippen LogP contribution in [-0.4, -0.2) is 50.6 Å². The molecule has 0 radical (unpaired) electrons. The van der Waals surface area contributed by atoms with Gasteiger partial charge in [-0.1, -0.05) is 58.1 Å². The molecular weight excluding hydrogens is 518 g/mol. The van der Waals surface area contributed by atoms with Gasteiger partial charge in [-0.05, 0) is 92.7 Å². The number of likely N-dealkylation sites (tertiary alicyclic amines) is 1. The van der Waals surface area contributed by atoms with Gasteiger partial charge in [0.2, 0.25) is 0 Å². The molecule has 2 aliphatic rings. The number of anilines is 1. The zero-order valence-corrected chi connectivity index (χ0v) is 26.2. The maximum absolute atomic E-state index is 6.31. The highest BCUT2D eigenvalue weighted by Gasteiger charge is 2.40. The molecule has 6 rings (SSSR count). The number of hydrogen-bond acceptors (Lipinski definition) is 6. The monoisotopic (exact) mass is 565 g/mol. The van der Waals surface area contributed by atoms with E-state index in [-0.39, 0.29) is 0 Å². The molecular formula is C35H47N7. The van der Waals surface area contributed by atoms with Crippen molar-refractivity contribution >= 4 is 22.6 Å². The quantitative estimate of drug-likeness (QED) is 0.239. The van der Waals surface area contributed by atoms with Crippen LogP contribution in [0.4, 0.5) is 5.82 Å². The molecule has 3 aromatic heterocycles. The molecule has 1 unspecified atom stereocenters. The molecule has 1 spiro atoms. The summed E-state index contributed by atoms with van der Waals surface area (Å²) in [5, 5.41) is 3.56. The Morgan fingerprint density at radius 2 is 1.79 bits per heavy atom. The van der Waals surface area contributed by atoms with Gasteiger partial charge < -0.3 is 11.1 Å². The van der Waals surface area contributed by atoms with Crippen LogP contribution >= 0.6 is 0 Å². The van der Waals surface area contributed by atoms with Crippen LogP contribution in [0.1, 0.15) is 65.6 Å². The Morgan fingerprint density at radius 3 is 2.45 bits per heavy atom. The lowest BCUT2D eigenvalue weighted by molar-refractivity contribution is 0.268. The number of fused-ring (bicyclic) bond motifs is 1. The van der Waals surface area contributed by atoms with Gasteiger partial charge in [-0.15, -0.1) is 0 Å². The van der Waals surface area contributed by atoms with Crippen molar-refractivity contribution < 1.29 is 0 Å². The lowest BCUT2D eigenvalue weighted by Crippen LogP contribution is -2.28. The number of rotatable bonds is 6. The molecule has 0 saturated carbocycles. The normalized spacial score (nSPS) is 18.8. The zero-order chi connectivity index (χ0) is 30.1. The molecule has 2 aliphatic heterocycles. The fourth-order valence-electron chi connectivity index (χ4n) is 5.97. The van der Waals surface area contributed by atoms with Gasteiger partial charge in [-0.2, -0.15) is 0 Å². The molecule has 1 aromatic carbocycles. The molecule has 7 heteroatoms. The first-order valence-electron chi connectivity index (χ1n) is 15.5. The maximum Gasteiger partial charge on any atom is 0.165 e. The van der Waals surface area contributed by atoms with Crippen LogP contribution < -0.4 is 11.1 Å². The highest BCUT2D eigenvalue weighted by atomic mass is 15.2. The molecule has 0 aliphatic carbocycles. The summed E-state index contributed by atoms with van der Waals surface area (Å²) in [6, 6.07) is 16.7. The Bertz CT molecular complexity index is 1510. The third-order valence-corrected chi connectivity index (χ3v) is 7.99. The Labute approximate surface area is 251 Å². The Morgan fingerprint density at radius 1 is 1.00 bits per heavy atom. The van der Waals surface area contributed by atoms with E-state index < -0.39 is 0 Å². The topological polar surface area (TPSA) is 84.9 Å². The molecule has 3 N–H and O–H groups in total. The van der Waals surface area contributed by atoms with E-state index >= 15 is 0 Å². The average molecular weight is 566 g/mol. The van der Waals surface area contributed by atoms with E-state index in [1.807, 2.05) is 71.9 Å². The number of nitrogens with two attached hydrogens (primary N) is 1. The third kappa shape index (κ3) is 6.48. The number of hydrogen-bond donors (Lipinski definition) is 2. The van der Waals surface area contributed by atoms with Crippen LogP contribution in [0.5, 0.6) is 0 Å². The molecule has 0 bridgehead atoms. The van der Waals surface area contributed by atoms with Gasteiger partial charge in [0.15, 0.2) is 11.5 Å². The largest absolute Gasteiger partial charge is 0.383 e. The van der Waals surface area contributed by atoms with Crippen molar-refractivity contribution in [2.45, 2.75) is 60.9 Å². The number of allylic oxidation sites excluding steroid dienone is 4. The summed E-state index contributed by atoms with van der Waals surface area (Å²) in [5.74, 6) is 1.19. The van der Waals surface area contributed by atoms with Gasteiger partial charge in [-0.3, -0.25) is 9.47 Å². The second-order valence-corrected chi connectivity index (χ2v) is 10.5. The summed E-state index contributed by atoms with van der Waals surface area (Å²) in [7, 11) is 0. The summed E-state index contributed by atoms with van der Waals surface area (Å²) >= 11 is 0. The fraction of sp³-hybridized carbons (Fsp3) is 0.400. The predicted molar refractivity (Wildman–Crippen MR) is 177 cm³/mol. The zero-order valence-electron chi connectivity index (χ0n) is 26.2. The van der Waals surface area contributed by atoms with Crippen LogP contribution in [0, 0.1) is 5.41 Å². The lowest BCUT2D eigenvalue weighted by Gasteiger charge is -2.23. The van der Waals surface area contributed by atoms with E-state index in [1.54, 1.807) is 6.20 Å². The summed E-state index contributed by atoms with van der Waals surface area (Å²) in [6.07, 6.45) is 10.5. The average Bonchev–Trinajstić information content (AvgIpc) is 3.77. The van der Waals surface area contributed by atoms with E-state index in [0.29, 0.717) is 11.2 Å². The first-order chi connectivity index (χ1) is 20.6. The number of pyridine rings is 2. The van der Waals surface area contributed by atoms with Crippen molar-refractivity contribution in [3.05, 3.63) is 84.2 Å². The number of imidazole rings is 1. The summed E-state index contributed by atoms with van der Waals surface area (Å²) in [4.78, 5) is 17.0. The molecule has 1 atom stereocenters. The van der Waals surface area contributed by atoms with Crippen molar-refractivity contribution in [2.75, 3.05) is 31.9 Å². The van der Waals surface area contributed by atoms with Crippen LogP contribution in [0.15, 0.2) is 73.0 Å². The molecule has 4 aromatic rings. The van der Waals surface area contributed by atoms with Gasteiger partial charge >= 0.3 is 0 Å². The second kappa shape index (κ2) is 14.4. The molecule has 5 heterocycles. The van der Waals surface area contributed by atoms with Gasteiger partial charge in [0.1, 0.15) is 11.3 Å². The minimum Gasteiger partial charge on any atom is -0.383 e. The minimum absolute atomic E-state index is 0.452. The Hall–Kier alpha value is -3.81. The van der Waals surface area contributed by atoms with Crippen LogP contribution in [-0.2, 0) is 6.54 Å². The van der Waals surface area contributed by atoms with Crippen LogP contribution in [0.2, 0.25) is 0 Å². The smallest absolute Gasteiger partial charge is 0.165 e. The number of nitrogens with one attached hydrogen (secondary N) is 1. The number of benzene rings is 1. The molecule has 42 heavy (non-hydrogen) atoms. The van der Waals surface area contributed by atoms with Gasteiger partial charge in [0.05, 0.1) is 11.3 Å². The first-order valence-corrected chi connectivity index (χ1v) is 15.5. The summed E-state index contributed by atoms with van der Waals surface area (Å²) in [6.45, 7) is 17.7. The van der Waals surface area contributed by atoms with Crippen molar-refractivity contribution in [1.82, 2.24) is 29.7 Å². The second-order valence-electron chi connectivity index (χ2n) is 10.5. The number of nitrogen functional groups attached to an aromatic ring is 1. The van der Waals surface area contributed by atoms with E-state index in [9.17, 15) is 0 Å². The molecule has 2 saturated heterocycles. The van der Waals surface area contributed by atoms with Gasteiger partial charge in [0, 0.05) is 31.5 Å². The number of aromatic nitrogens is 4. The maximum atomic E-state index is 6.31. The van der Waals surface area contributed by atoms with E-state index in [1.165, 1.54) is 31.5 Å². The van der Waals surface area contributed by atoms with Gasteiger partial charge in [-0.25, -0.2) is 15.0 Å². The van der Waals surface area contributed by atoms with Crippen molar-refractivity contribution in [3.8, 4) is 17.1 Å². The fourth-order valence-corrected chi connectivity index (χ4v) is 5.97. The van der Waals surface area contributed by atoms with Crippen LogP contribution in [0.3, 0.4) is 0 Å². The van der Waals surface area contributed by atoms with Crippen molar-refractivity contribution in [2.24, 2.45) is 5.41 Å².